The first-order chi connectivity index (χ1) is 12.4. The highest BCUT2D eigenvalue weighted by Gasteiger charge is 2.38. The Morgan fingerprint density at radius 2 is 2.23 bits per heavy atom. The fraction of sp³-hybridized carbons (Fsp3) is 0.611. The molecule has 4 atom stereocenters. The standard InChI is InChI=1S/C18H23ClF3N3O/c19-16-4-1-5-17-15(16)7-13(11-26-17)25-10-14-9-23-8-12(18(20,21)22)3-2-6-24-14/h1,4-6,9,12-13,15,17,23,25H,2-3,7-8,10-11H2/b14-9-,24-6?. The van der Waals surface area contributed by atoms with Crippen LogP contribution in [0, 0.1) is 11.8 Å². The molecule has 4 unspecified atom stereocenters. The number of hydrogen-bond donors (Lipinski definition) is 2. The second-order valence-corrected chi connectivity index (χ2v) is 7.26. The molecule has 0 bridgehead atoms. The lowest BCUT2D eigenvalue weighted by atomic mass is 9.88. The molecule has 8 heteroatoms. The van der Waals surface area contributed by atoms with Crippen molar-refractivity contribution in [1.29, 1.82) is 0 Å². The van der Waals surface area contributed by atoms with Crippen LogP contribution in [0.2, 0.25) is 0 Å². The first-order valence-electron chi connectivity index (χ1n) is 8.84. The Bertz CT molecular complexity index is 615. The molecule has 1 fully saturated rings. The summed E-state index contributed by atoms with van der Waals surface area (Å²) in [5, 5.41) is 6.94. The van der Waals surface area contributed by atoms with Crippen molar-refractivity contribution in [3.05, 3.63) is 35.2 Å². The summed E-state index contributed by atoms with van der Waals surface area (Å²) < 4.78 is 44.5. The van der Waals surface area contributed by atoms with Crippen molar-refractivity contribution in [3.63, 3.8) is 0 Å². The molecule has 0 spiro atoms. The van der Waals surface area contributed by atoms with Gasteiger partial charge in [-0.15, -0.1) is 0 Å². The zero-order valence-corrected chi connectivity index (χ0v) is 15.1. The van der Waals surface area contributed by atoms with Crippen LogP contribution in [0.3, 0.4) is 0 Å². The second-order valence-electron chi connectivity index (χ2n) is 6.83. The van der Waals surface area contributed by atoms with E-state index >= 15 is 0 Å². The van der Waals surface area contributed by atoms with E-state index in [9.17, 15) is 13.2 Å². The number of nitrogens with zero attached hydrogens (tertiary/aromatic N) is 1. The van der Waals surface area contributed by atoms with Gasteiger partial charge in [-0.3, -0.25) is 4.99 Å². The molecule has 26 heavy (non-hydrogen) atoms. The van der Waals surface area contributed by atoms with Crippen molar-refractivity contribution in [1.82, 2.24) is 10.6 Å². The SMILES string of the molecule is FC(F)(F)C1CCC=N/C(CNC2COC3C=CC=C(Cl)C3C2)=C\NC1. The highest BCUT2D eigenvalue weighted by atomic mass is 35.5. The lowest BCUT2D eigenvalue weighted by Gasteiger charge is -2.36. The molecule has 4 nitrogen and oxygen atoms in total. The first-order valence-corrected chi connectivity index (χ1v) is 9.22. The maximum atomic E-state index is 12.9. The van der Waals surface area contributed by atoms with Crippen LogP contribution in [0.25, 0.3) is 0 Å². The van der Waals surface area contributed by atoms with E-state index in [1.807, 2.05) is 18.2 Å². The number of fused-ring (bicyclic) bond motifs is 1. The van der Waals surface area contributed by atoms with Gasteiger partial charge in [-0.2, -0.15) is 13.2 Å². The summed E-state index contributed by atoms with van der Waals surface area (Å²) in [7, 11) is 0. The van der Waals surface area contributed by atoms with Crippen LogP contribution in [0.15, 0.2) is 40.1 Å². The molecule has 0 saturated carbocycles. The lowest BCUT2D eigenvalue weighted by molar-refractivity contribution is -0.173. The third-order valence-electron chi connectivity index (χ3n) is 4.90. The van der Waals surface area contributed by atoms with Gasteiger partial charge < -0.3 is 15.4 Å². The number of aliphatic imine (C=N–C) groups is 1. The van der Waals surface area contributed by atoms with Crippen LogP contribution >= 0.6 is 11.6 Å². The normalized spacial score (nSPS) is 34.5. The number of halogens is 4. The van der Waals surface area contributed by atoms with Gasteiger partial charge in [0.25, 0.3) is 0 Å². The molecule has 2 heterocycles. The van der Waals surface area contributed by atoms with E-state index in [0.717, 1.165) is 11.5 Å². The van der Waals surface area contributed by atoms with Gasteiger partial charge in [-0.25, -0.2) is 0 Å². The molecule has 3 aliphatic rings. The number of hydrogen-bond acceptors (Lipinski definition) is 4. The average molecular weight is 390 g/mol. The molecule has 0 radical (unpaired) electrons. The average Bonchev–Trinajstić information content (AvgIpc) is 2.72. The molecule has 3 rings (SSSR count). The van der Waals surface area contributed by atoms with Crippen molar-refractivity contribution < 1.29 is 17.9 Å². The molecule has 2 aliphatic heterocycles. The van der Waals surface area contributed by atoms with E-state index in [1.165, 1.54) is 0 Å². The third kappa shape index (κ3) is 5.11. The summed E-state index contributed by atoms with van der Waals surface area (Å²) in [5.41, 5.74) is 0.681. The summed E-state index contributed by atoms with van der Waals surface area (Å²) in [5.74, 6) is -1.20. The predicted molar refractivity (Wildman–Crippen MR) is 96.1 cm³/mol. The maximum absolute atomic E-state index is 12.9. The van der Waals surface area contributed by atoms with E-state index in [-0.39, 0.29) is 31.0 Å². The first kappa shape index (κ1) is 19.5. The maximum Gasteiger partial charge on any atom is 0.393 e. The molecular weight excluding hydrogens is 367 g/mol. The van der Waals surface area contributed by atoms with Crippen LogP contribution in [-0.4, -0.2) is 44.2 Å². The van der Waals surface area contributed by atoms with Crippen molar-refractivity contribution in [2.75, 3.05) is 19.7 Å². The molecule has 0 aromatic rings. The van der Waals surface area contributed by atoms with Crippen LogP contribution < -0.4 is 10.6 Å². The van der Waals surface area contributed by atoms with Crippen LogP contribution in [0.4, 0.5) is 13.2 Å². The Hall–Kier alpha value is -1.31. The zero-order chi connectivity index (χ0) is 18.6. The van der Waals surface area contributed by atoms with Crippen molar-refractivity contribution in [2.45, 2.75) is 37.6 Å². The number of rotatable bonds is 3. The van der Waals surface area contributed by atoms with Crippen molar-refractivity contribution >= 4 is 17.8 Å². The van der Waals surface area contributed by atoms with Crippen molar-refractivity contribution in [3.8, 4) is 0 Å². The molecule has 0 aromatic carbocycles. The minimum atomic E-state index is -4.19. The minimum absolute atomic E-state index is 0.0219. The number of alkyl halides is 3. The lowest BCUT2D eigenvalue weighted by Crippen LogP contribution is -2.45. The molecule has 0 aromatic heterocycles. The van der Waals surface area contributed by atoms with E-state index in [0.29, 0.717) is 25.3 Å². The van der Waals surface area contributed by atoms with E-state index in [1.54, 1.807) is 12.4 Å². The van der Waals surface area contributed by atoms with E-state index in [4.69, 9.17) is 16.3 Å². The minimum Gasteiger partial charge on any atom is -0.389 e. The molecule has 0 amide bonds. The van der Waals surface area contributed by atoms with Crippen LogP contribution in [-0.2, 0) is 4.74 Å². The van der Waals surface area contributed by atoms with Gasteiger partial charge in [0.05, 0.1) is 24.3 Å². The molecule has 1 aliphatic carbocycles. The Labute approximate surface area is 156 Å². The number of ether oxygens (including phenoxy) is 1. The largest absolute Gasteiger partial charge is 0.393 e. The Morgan fingerprint density at radius 3 is 3.04 bits per heavy atom. The topological polar surface area (TPSA) is 45.7 Å². The van der Waals surface area contributed by atoms with E-state index in [2.05, 4.69) is 15.6 Å². The fourth-order valence-corrected chi connectivity index (χ4v) is 3.66. The second kappa shape index (κ2) is 8.59. The van der Waals surface area contributed by atoms with Crippen LogP contribution in [0.1, 0.15) is 19.3 Å². The summed E-state index contributed by atoms with van der Waals surface area (Å²) in [6.45, 7) is 0.901. The smallest absolute Gasteiger partial charge is 0.389 e. The molecule has 2 N–H and O–H groups in total. The Morgan fingerprint density at radius 1 is 1.38 bits per heavy atom. The highest BCUT2D eigenvalue weighted by molar-refractivity contribution is 6.30. The Balaban J connectivity index is 1.52. The predicted octanol–water partition coefficient (Wildman–Crippen LogP) is 3.52. The summed E-state index contributed by atoms with van der Waals surface area (Å²) in [6, 6.07) is 0.122. The Kier molecular flexibility index (Phi) is 6.42. The summed E-state index contributed by atoms with van der Waals surface area (Å²) in [4.78, 5) is 4.29. The summed E-state index contributed by atoms with van der Waals surface area (Å²) >= 11 is 6.28. The van der Waals surface area contributed by atoms with Gasteiger partial charge in [0.15, 0.2) is 0 Å². The number of allylic oxidation sites excluding steroid dienone is 2. The quantitative estimate of drug-likeness (QED) is 0.776. The summed E-state index contributed by atoms with van der Waals surface area (Å²) in [6.07, 6.45) is 5.99. The fourth-order valence-electron chi connectivity index (χ4n) is 3.37. The zero-order valence-electron chi connectivity index (χ0n) is 14.3. The van der Waals surface area contributed by atoms with Crippen LogP contribution in [0.5, 0.6) is 0 Å². The van der Waals surface area contributed by atoms with Gasteiger partial charge >= 0.3 is 6.18 Å². The monoisotopic (exact) mass is 389 g/mol. The van der Waals surface area contributed by atoms with Gasteiger partial charge in [-0.05, 0) is 25.3 Å². The van der Waals surface area contributed by atoms with Gasteiger partial charge in [-0.1, -0.05) is 23.8 Å². The molecular formula is C18H23ClF3N3O. The third-order valence-corrected chi connectivity index (χ3v) is 5.31. The van der Waals surface area contributed by atoms with Crippen molar-refractivity contribution in [2.24, 2.45) is 16.8 Å². The van der Waals surface area contributed by atoms with Gasteiger partial charge in [0, 0.05) is 42.5 Å². The highest BCUT2D eigenvalue weighted by Crippen LogP contribution is 2.33. The number of nitrogens with one attached hydrogen (secondary N) is 2. The van der Waals surface area contributed by atoms with Gasteiger partial charge in [0.2, 0.25) is 0 Å². The van der Waals surface area contributed by atoms with E-state index < -0.39 is 12.1 Å². The van der Waals surface area contributed by atoms with Gasteiger partial charge in [0.1, 0.15) is 0 Å². The molecule has 144 valence electrons. The molecule has 1 saturated heterocycles.